The number of alkyl halides is 2. The Morgan fingerprint density at radius 3 is 2.67 bits per heavy atom. The van der Waals surface area contributed by atoms with Crippen molar-refractivity contribution in [2.45, 2.75) is 6.61 Å². The third kappa shape index (κ3) is 6.46. The van der Waals surface area contributed by atoms with Crippen LogP contribution in [0.4, 0.5) is 14.5 Å². The number of oxime groups is 1. The summed E-state index contributed by atoms with van der Waals surface area (Å²) >= 11 is 0. The van der Waals surface area contributed by atoms with Crippen LogP contribution >= 0.6 is 0 Å². The summed E-state index contributed by atoms with van der Waals surface area (Å²) in [4.78, 5) is 16.7. The fourth-order valence-corrected chi connectivity index (χ4v) is 2.05. The summed E-state index contributed by atoms with van der Waals surface area (Å²) in [7, 11) is 2.86. The Hall–Kier alpha value is -3.36. The number of benzene rings is 2. The van der Waals surface area contributed by atoms with Crippen LogP contribution in [0.25, 0.3) is 0 Å². The quantitative estimate of drug-likeness (QED) is 0.534. The van der Waals surface area contributed by atoms with Crippen LogP contribution in [0.2, 0.25) is 0 Å². The first-order valence-electron chi connectivity index (χ1n) is 7.74. The highest BCUT2D eigenvalue weighted by Crippen LogP contribution is 2.28. The van der Waals surface area contributed by atoms with Crippen molar-refractivity contribution >= 4 is 17.8 Å². The lowest BCUT2D eigenvalue weighted by molar-refractivity contribution is -0.120. The molecule has 0 fully saturated rings. The smallest absolute Gasteiger partial charge is 0.387 e. The lowest BCUT2D eigenvalue weighted by Crippen LogP contribution is -2.16. The number of anilines is 1. The Balaban J connectivity index is 1.86. The zero-order chi connectivity index (χ0) is 19.6. The highest BCUT2D eigenvalue weighted by atomic mass is 19.3. The van der Waals surface area contributed by atoms with Gasteiger partial charge in [0.15, 0.2) is 18.1 Å². The molecule has 9 heteroatoms. The van der Waals surface area contributed by atoms with Crippen LogP contribution in [0.5, 0.6) is 17.2 Å². The fourth-order valence-electron chi connectivity index (χ4n) is 2.05. The molecule has 0 saturated heterocycles. The van der Waals surface area contributed by atoms with Gasteiger partial charge < -0.3 is 24.4 Å². The van der Waals surface area contributed by atoms with Crippen molar-refractivity contribution in [2.75, 3.05) is 26.1 Å². The zero-order valence-electron chi connectivity index (χ0n) is 14.6. The average molecular weight is 380 g/mol. The standard InChI is InChI=1S/C18H18F2N2O5/c1-24-14-5-3-4-13(9-14)22-17(23)11-26-21-10-12-6-7-15(27-18(19)20)16(8-12)25-2/h3-10,18H,11H2,1-2H3,(H,22,23)/b21-10-. The second-order valence-electron chi connectivity index (χ2n) is 5.08. The molecular weight excluding hydrogens is 362 g/mol. The van der Waals surface area contributed by atoms with E-state index in [1.165, 1.54) is 38.6 Å². The molecule has 0 saturated carbocycles. The predicted molar refractivity (Wildman–Crippen MR) is 94.8 cm³/mol. The minimum Gasteiger partial charge on any atom is -0.497 e. The molecule has 0 aliphatic carbocycles. The Labute approximate surface area is 154 Å². The fraction of sp³-hybridized carbons (Fsp3) is 0.222. The van der Waals surface area contributed by atoms with Crippen molar-refractivity contribution in [2.24, 2.45) is 5.16 Å². The minimum absolute atomic E-state index is 0.0942. The minimum atomic E-state index is -2.95. The molecule has 0 radical (unpaired) electrons. The molecule has 0 aliphatic heterocycles. The van der Waals surface area contributed by atoms with Gasteiger partial charge in [0.2, 0.25) is 0 Å². The van der Waals surface area contributed by atoms with Crippen molar-refractivity contribution in [3.8, 4) is 17.2 Å². The Kier molecular flexibility index (Phi) is 7.36. The van der Waals surface area contributed by atoms with E-state index < -0.39 is 12.5 Å². The van der Waals surface area contributed by atoms with Crippen LogP contribution in [0, 0.1) is 0 Å². The van der Waals surface area contributed by atoms with Crippen LogP contribution in [0.15, 0.2) is 47.6 Å². The van der Waals surface area contributed by atoms with E-state index in [1.54, 1.807) is 24.3 Å². The number of nitrogens with one attached hydrogen (secondary N) is 1. The van der Waals surface area contributed by atoms with Crippen LogP contribution in [-0.2, 0) is 9.63 Å². The number of nitrogens with zero attached hydrogens (tertiary/aromatic N) is 1. The molecule has 0 atom stereocenters. The molecule has 0 heterocycles. The second-order valence-corrected chi connectivity index (χ2v) is 5.08. The van der Waals surface area contributed by atoms with Crippen LogP contribution in [0.1, 0.15) is 5.56 Å². The molecule has 144 valence electrons. The molecule has 0 unspecified atom stereocenters. The first-order chi connectivity index (χ1) is 13.0. The van der Waals surface area contributed by atoms with E-state index in [9.17, 15) is 13.6 Å². The number of halogens is 2. The van der Waals surface area contributed by atoms with E-state index in [1.807, 2.05) is 0 Å². The SMILES string of the molecule is COc1cccc(NC(=O)CO/N=C\c2ccc(OC(F)F)c(OC)c2)c1. The van der Waals surface area contributed by atoms with Crippen molar-refractivity contribution in [3.05, 3.63) is 48.0 Å². The molecule has 2 aromatic carbocycles. The van der Waals surface area contributed by atoms with Crippen molar-refractivity contribution in [1.29, 1.82) is 0 Å². The van der Waals surface area contributed by atoms with Crippen LogP contribution < -0.4 is 19.5 Å². The van der Waals surface area contributed by atoms with E-state index in [0.717, 1.165) is 0 Å². The largest absolute Gasteiger partial charge is 0.497 e. The maximum atomic E-state index is 12.3. The van der Waals surface area contributed by atoms with Crippen LogP contribution in [0.3, 0.4) is 0 Å². The molecule has 2 rings (SSSR count). The summed E-state index contributed by atoms with van der Waals surface area (Å²) in [5.41, 5.74) is 1.08. The lowest BCUT2D eigenvalue weighted by atomic mass is 10.2. The van der Waals surface area contributed by atoms with Crippen molar-refractivity contribution in [1.82, 2.24) is 0 Å². The van der Waals surface area contributed by atoms with E-state index in [4.69, 9.17) is 14.3 Å². The summed E-state index contributed by atoms with van der Waals surface area (Å²) in [6, 6.07) is 11.1. The molecule has 0 spiro atoms. The highest BCUT2D eigenvalue weighted by Gasteiger charge is 2.10. The van der Waals surface area contributed by atoms with Gasteiger partial charge in [-0.25, -0.2) is 0 Å². The van der Waals surface area contributed by atoms with Gasteiger partial charge in [0.25, 0.3) is 5.91 Å². The summed E-state index contributed by atoms with van der Waals surface area (Å²) < 4.78 is 39.0. The monoisotopic (exact) mass is 380 g/mol. The number of hydrogen-bond donors (Lipinski definition) is 1. The predicted octanol–water partition coefficient (Wildman–Crippen LogP) is 3.29. The van der Waals surface area contributed by atoms with Gasteiger partial charge in [-0.3, -0.25) is 4.79 Å². The Morgan fingerprint density at radius 1 is 1.15 bits per heavy atom. The van der Waals surface area contributed by atoms with Gasteiger partial charge in [-0.05, 0) is 30.3 Å². The van der Waals surface area contributed by atoms with Crippen molar-refractivity contribution < 1.29 is 32.6 Å². The first-order valence-corrected chi connectivity index (χ1v) is 7.74. The number of methoxy groups -OCH3 is 2. The maximum absolute atomic E-state index is 12.3. The number of carbonyl (C=O) groups excluding carboxylic acids is 1. The lowest BCUT2D eigenvalue weighted by Gasteiger charge is -2.09. The molecule has 0 aromatic heterocycles. The Bertz CT molecular complexity index is 799. The highest BCUT2D eigenvalue weighted by molar-refractivity contribution is 5.92. The molecule has 2 aromatic rings. The van der Waals surface area contributed by atoms with Gasteiger partial charge in [-0.2, -0.15) is 8.78 Å². The molecule has 7 nitrogen and oxygen atoms in total. The third-order valence-corrected chi connectivity index (χ3v) is 3.23. The van der Waals surface area contributed by atoms with Crippen molar-refractivity contribution in [3.63, 3.8) is 0 Å². The van der Waals surface area contributed by atoms with E-state index in [0.29, 0.717) is 17.0 Å². The number of hydrogen-bond acceptors (Lipinski definition) is 6. The molecule has 1 amide bonds. The molecule has 1 N–H and O–H groups in total. The number of amides is 1. The number of carbonyl (C=O) groups is 1. The number of ether oxygens (including phenoxy) is 3. The summed E-state index contributed by atoms with van der Waals surface area (Å²) in [6.45, 7) is -3.26. The van der Waals surface area contributed by atoms with E-state index in [-0.39, 0.29) is 18.1 Å². The van der Waals surface area contributed by atoms with Gasteiger partial charge in [-0.15, -0.1) is 0 Å². The summed E-state index contributed by atoms with van der Waals surface area (Å²) in [6.07, 6.45) is 1.31. The summed E-state index contributed by atoms with van der Waals surface area (Å²) in [5.74, 6) is 0.233. The van der Waals surface area contributed by atoms with Gasteiger partial charge in [0.05, 0.1) is 20.4 Å². The summed E-state index contributed by atoms with van der Waals surface area (Å²) in [5, 5.41) is 6.30. The van der Waals surface area contributed by atoms with Gasteiger partial charge >= 0.3 is 6.61 Å². The Morgan fingerprint density at radius 2 is 1.96 bits per heavy atom. The van der Waals surface area contributed by atoms with Gasteiger partial charge in [0, 0.05) is 17.3 Å². The van der Waals surface area contributed by atoms with Gasteiger partial charge in [0.1, 0.15) is 5.75 Å². The zero-order valence-corrected chi connectivity index (χ0v) is 14.6. The van der Waals surface area contributed by atoms with E-state index >= 15 is 0 Å². The van der Waals surface area contributed by atoms with Crippen LogP contribution in [-0.4, -0.2) is 39.6 Å². The number of rotatable bonds is 9. The molecular formula is C18H18F2N2O5. The molecule has 27 heavy (non-hydrogen) atoms. The topological polar surface area (TPSA) is 78.4 Å². The normalized spacial score (nSPS) is 10.7. The maximum Gasteiger partial charge on any atom is 0.387 e. The molecule has 0 aliphatic rings. The third-order valence-electron chi connectivity index (χ3n) is 3.23. The first kappa shape index (κ1) is 20.0. The average Bonchev–Trinajstić information content (AvgIpc) is 2.66. The second kappa shape index (κ2) is 9.95. The van der Waals surface area contributed by atoms with E-state index in [2.05, 4.69) is 15.2 Å². The molecule has 0 bridgehead atoms. The van der Waals surface area contributed by atoms with Gasteiger partial charge in [-0.1, -0.05) is 11.2 Å².